The summed E-state index contributed by atoms with van der Waals surface area (Å²) < 4.78 is 24.3. The molecule has 2 amide bonds. The molecular formula is C22H22N4O5S. The van der Waals surface area contributed by atoms with Gasteiger partial charge in [0.05, 0.1) is 6.54 Å². The van der Waals surface area contributed by atoms with E-state index in [-0.39, 0.29) is 11.8 Å². The van der Waals surface area contributed by atoms with Gasteiger partial charge in [0.2, 0.25) is 0 Å². The average molecular weight is 455 g/mol. The van der Waals surface area contributed by atoms with E-state index < -0.39 is 11.6 Å². The standard InChI is InChI=1S/C22H22N4O3.O2S/c1-4-26-13-18-17(22(26)28)11-15(21(27)23-20-9-10-25(3)24-20)12-19(18)29-16-7-5-14(2)6-8-16;1-3-2/h5-12H,4,13H2,1-3H3,(H,23,24,27);. The van der Waals surface area contributed by atoms with E-state index in [2.05, 4.69) is 10.4 Å². The lowest BCUT2D eigenvalue weighted by molar-refractivity contribution is 0.0787. The number of anilines is 1. The van der Waals surface area contributed by atoms with Crippen LogP contribution >= 0.6 is 0 Å². The van der Waals surface area contributed by atoms with Gasteiger partial charge in [-0.25, -0.2) is 0 Å². The first-order chi connectivity index (χ1) is 15.4. The van der Waals surface area contributed by atoms with Crippen molar-refractivity contribution in [3.8, 4) is 11.5 Å². The van der Waals surface area contributed by atoms with Crippen molar-refractivity contribution in [1.29, 1.82) is 0 Å². The Morgan fingerprint density at radius 2 is 1.88 bits per heavy atom. The van der Waals surface area contributed by atoms with Crippen LogP contribution < -0.4 is 10.1 Å². The van der Waals surface area contributed by atoms with Crippen molar-refractivity contribution in [2.45, 2.75) is 20.4 Å². The minimum atomic E-state index is -0.750. The van der Waals surface area contributed by atoms with E-state index in [0.29, 0.717) is 41.5 Å². The number of hydrogen-bond acceptors (Lipinski definition) is 6. The molecule has 0 bridgehead atoms. The largest absolute Gasteiger partial charge is 0.457 e. The van der Waals surface area contributed by atoms with E-state index in [1.54, 1.807) is 41.0 Å². The highest BCUT2D eigenvalue weighted by molar-refractivity contribution is 7.51. The average Bonchev–Trinajstić information content (AvgIpc) is 3.33. The first-order valence-electron chi connectivity index (χ1n) is 9.79. The van der Waals surface area contributed by atoms with Gasteiger partial charge in [-0.2, -0.15) is 13.5 Å². The number of hydrogen-bond donors (Lipinski definition) is 1. The molecule has 3 aromatic rings. The molecule has 0 atom stereocenters. The number of rotatable bonds is 5. The zero-order chi connectivity index (χ0) is 23.3. The Labute approximate surface area is 188 Å². The number of nitrogens with zero attached hydrogens (tertiary/aromatic N) is 3. The van der Waals surface area contributed by atoms with Gasteiger partial charge in [-0.05, 0) is 38.1 Å². The number of benzene rings is 2. The van der Waals surface area contributed by atoms with Crippen molar-refractivity contribution in [2.24, 2.45) is 7.05 Å². The van der Waals surface area contributed by atoms with Crippen LogP contribution in [0.5, 0.6) is 11.5 Å². The predicted molar refractivity (Wildman–Crippen MR) is 118 cm³/mol. The maximum Gasteiger partial charge on any atom is 0.335 e. The van der Waals surface area contributed by atoms with Crippen molar-refractivity contribution in [1.82, 2.24) is 14.7 Å². The summed E-state index contributed by atoms with van der Waals surface area (Å²) in [5.74, 6) is 1.18. The molecule has 4 rings (SSSR count). The number of aryl methyl sites for hydroxylation is 2. The molecule has 1 aliphatic rings. The van der Waals surface area contributed by atoms with E-state index in [4.69, 9.17) is 13.2 Å². The summed E-state index contributed by atoms with van der Waals surface area (Å²) in [7, 11) is 1.77. The second kappa shape index (κ2) is 10.0. The molecule has 0 saturated carbocycles. The highest BCUT2D eigenvalue weighted by Crippen LogP contribution is 2.35. The van der Waals surface area contributed by atoms with Crippen LogP contribution in [0.1, 0.15) is 38.8 Å². The van der Waals surface area contributed by atoms with Crippen molar-refractivity contribution in [3.05, 3.63) is 70.9 Å². The molecule has 2 aromatic carbocycles. The number of carbonyl (C=O) groups excluding carboxylic acids is 2. The Hall–Kier alpha value is -3.79. The molecule has 1 aliphatic heterocycles. The molecule has 0 saturated heterocycles. The topological polar surface area (TPSA) is 111 Å². The number of ether oxygens (including phenoxy) is 1. The maximum atomic E-state index is 12.8. The molecule has 0 aliphatic carbocycles. The third-order valence-corrected chi connectivity index (χ3v) is 4.92. The van der Waals surface area contributed by atoms with Gasteiger partial charge in [-0.15, -0.1) is 0 Å². The number of amides is 2. The Morgan fingerprint density at radius 3 is 2.47 bits per heavy atom. The van der Waals surface area contributed by atoms with Crippen LogP contribution in [0.25, 0.3) is 0 Å². The van der Waals surface area contributed by atoms with Gasteiger partial charge in [0.25, 0.3) is 11.8 Å². The smallest absolute Gasteiger partial charge is 0.335 e. The molecule has 1 aromatic heterocycles. The van der Waals surface area contributed by atoms with E-state index in [1.165, 1.54) is 0 Å². The Balaban J connectivity index is 0.000000913. The zero-order valence-electron chi connectivity index (χ0n) is 17.8. The Bertz CT molecular complexity index is 1180. The quantitative estimate of drug-likeness (QED) is 0.634. The summed E-state index contributed by atoms with van der Waals surface area (Å²) >= 11 is -0.750. The molecule has 0 unspecified atom stereocenters. The molecule has 9 nitrogen and oxygen atoms in total. The molecule has 0 fully saturated rings. The summed E-state index contributed by atoms with van der Waals surface area (Å²) in [5.41, 5.74) is 2.77. The summed E-state index contributed by atoms with van der Waals surface area (Å²) in [6.07, 6.45) is 1.74. The second-order valence-electron chi connectivity index (χ2n) is 7.13. The van der Waals surface area contributed by atoms with E-state index in [1.807, 2.05) is 38.1 Å². The molecular weight excluding hydrogens is 432 g/mol. The summed E-state index contributed by atoms with van der Waals surface area (Å²) in [4.78, 5) is 27.3. The number of aromatic nitrogens is 2. The predicted octanol–water partition coefficient (Wildman–Crippen LogP) is 3.08. The van der Waals surface area contributed by atoms with Crippen molar-refractivity contribution in [3.63, 3.8) is 0 Å². The lowest BCUT2D eigenvalue weighted by atomic mass is 10.0. The first kappa shape index (κ1) is 22.9. The van der Waals surface area contributed by atoms with Crippen LogP contribution in [0.3, 0.4) is 0 Å². The fraction of sp³-hybridized carbons (Fsp3) is 0.227. The fourth-order valence-electron chi connectivity index (χ4n) is 3.31. The lowest BCUT2D eigenvalue weighted by Crippen LogP contribution is -2.23. The van der Waals surface area contributed by atoms with Crippen LogP contribution in [0.15, 0.2) is 48.7 Å². The monoisotopic (exact) mass is 454 g/mol. The van der Waals surface area contributed by atoms with E-state index >= 15 is 0 Å². The van der Waals surface area contributed by atoms with Crippen molar-refractivity contribution < 1.29 is 22.7 Å². The van der Waals surface area contributed by atoms with Crippen molar-refractivity contribution >= 4 is 29.2 Å². The lowest BCUT2D eigenvalue weighted by Gasteiger charge is -2.13. The summed E-state index contributed by atoms with van der Waals surface area (Å²) in [6.45, 7) is 4.99. The number of nitrogens with one attached hydrogen (secondary N) is 1. The second-order valence-corrected chi connectivity index (χ2v) is 7.27. The van der Waals surface area contributed by atoms with E-state index in [9.17, 15) is 9.59 Å². The maximum absolute atomic E-state index is 12.8. The molecule has 166 valence electrons. The van der Waals surface area contributed by atoms with Gasteiger partial charge >= 0.3 is 11.6 Å². The summed E-state index contributed by atoms with van der Waals surface area (Å²) in [6, 6.07) is 12.7. The van der Waals surface area contributed by atoms with Gasteiger partial charge in [-0.1, -0.05) is 17.7 Å². The van der Waals surface area contributed by atoms with Crippen LogP contribution in [0.2, 0.25) is 0 Å². The Kier molecular flexibility index (Phi) is 7.16. The molecule has 2 heterocycles. The molecule has 1 N–H and O–H groups in total. The highest BCUT2D eigenvalue weighted by Gasteiger charge is 2.31. The van der Waals surface area contributed by atoms with Gasteiger partial charge < -0.3 is 15.0 Å². The van der Waals surface area contributed by atoms with Gasteiger partial charge in [0.15, 0.2) is 5.82 Å². The highest BCUT2D eigenvalue weighted by atomic mass is 32.1. The zero-order valence-corrected chi connectivity index (χ0v) is 18.6. The third-order valence-electron chi connectivity index (χ3n) is 4.92. The molecule has 32 heavy (non-hydrogen) atoms. The van der Waals surface area contributed by atoms with Gasteiger partial charge in [0, 0.05) is 42.5 Å². The molecule has 10 heteroatoms. The normalized spacial score (nSPS) is 12.0. The first-order valence-corrected chi connectivity index (χ1v) is 10.5. The molecule has 0 spiro atoms. The van der Waals surface area contributed by atoms with Crippen molar-refractivity contribution in [2.75, 3.05) is 11.9 Å². The number of fused-ring (bicyclic) bond motifs is 1. The Morgan fingerprint density at radius 1 is 1.19 bits per heavy atom. The minimum Gasteiger partial charge on any atom is -0.457 e. The third kappa shape index (κ3) is 5.09. The van der Waals surface area contributed by atoms with E-state index in [0.717, 1.165) is 11.1 Å². The fourth-order valence-corrected chi connectivity index (χ4v) is 3.31. The summed E-state index contributed by atoms with van der Waals surface area (Å²) in [5, 5.41) is 6.92. The minimum absolute atomic E-state index is 0.0938. The van der Waals surface area contributed by atoms with Crippen LogP contribution in [0.4, 0.5) is 5.82 Å². The SMILES string of the molecule is CCN1Cc2c(Oc3ccc(C)cc3)cc(C(=O)Nc3ccn(C)n3)cc2C1=O.O=S=O. The molecule has 0 radical (unpaired) electrons. The van der Waals surface area contributed by atoms with Crippen LogP contribution in [-0.2, 0) is 25.2 Å². The van der Waals surface area contributed by atoms with Gasteiger partial charge in [0.1, 0.15) is 11.5 Å². The van der Waals surface area contributed by atoms with Gasteiger partial charge in [-0.3, -0.25) is 14.3 Å². The number of carbonyl (C=O) groups is 2. The van der Waals surface area contributed by atoms with Crippen LogP contribution in [0, 0.1) is 6.92 Å². The van der Waals surface area contributed by atoms with Crippen LogP contribution in [-0.4, -0.2) is 41.5 Å².